The topological polar surface area (TPSA) is 68.5 Å². The van der Waals surface area contributed by atoms with E-state index in [2.05, 4.69) is 0 Å². The van der Waals surface area contributed by atoms with Crippen LogP contribution in [0.4, 0.5) is 17.6 Å². The molecule has 4 rings (SSSR count). The molecule has 0 N–H and O–H groups in total. The highest BCUT2D eigenvalue weighted by molar-refractivity contribution is 5.79. The van der Waals surface area contributed by atoms with E-state index in [-0.39, 0.29) is 0 Å². The summed E-state index contributed by atoms with van der Waals surface area (Å²) in [6.07, 6.45) is -6.78. The van der Waals surface area contributed by atoms with E-state index in [1.54, 1.807) is 50.2 Å². The highest BCUT2D eigenvalue weighted by Gasteiger charge is 2.66. The number of alkyl halides is 3. The van der Waals surface area contributed by atoms with Crippen LogP contribution in [0.15, 0.2) is 72.8 Å². The molecule has 9 heteroatoms. The number of para-hydroxylation sites is 1. The Hall–Kier alpha value is -4.06. The average Bonchev–Trinajstić information content (AvgIpc) is 3.38. The summed E-state index contributed by atoms with van der Waals surface area (Å²) in [6.45, 7) is 3.36. The number of hydrogen-bond acceptors (Lipinski definition) is 5. The van der Waals surface area contributed by atoms with Gasteiger partial charge in [-0.25, -0.2) is 4.39 Å². The Labute approximate surface area is 204 Å². The molecule has 36 heavy (non-hydrogen) atoms. The third-order valence-corrected chi connectivity index (χ3v) is 5.99. The molecule has 1 saturated carbocycles. The normalized spacial score (nSPS) is 19.0. The zero-order valence-electron chi connectivity index (χ0n) is 19.3. The van der Waals surface area contributed by atoms with Crippen molar-refractivity contribution >= 4 is 5.97 Å². The van der Waals surface area contributed by atoms with Gasteiger partial charge in [0.1, 0.15) is 29.6 Å². The van der Waals surface area contributed by atoms with Gasteiger partial charge in [0.05, 0.1) is 5.56 Å². The van der Waals surface area contributed by atoms with E-state index in [4.69, 9.17) is 14.2 Å². The number of nitrogens with zero attached hydrogens (tertiary/aromatic N) is 1. The van der Waals surface area contributed by atoms with Crippen molar-refractivity contribution in [3.05, 3.63) is 89.7 Å². The lowest BCUT2D eigenvalue weighted by Crippen LogP contribution is -2.16. The molecule has 1 aliphatic carbocycles. The summed E-state index contributed by atoms with van der Waals surface area (Å²) in [6, 6.07) is 19.4. The van der Waals surface area contributed by atoms with Crippen LogP contribution in [0.5, 0.6) is 17.2 Å². The molecule has 0 radical (unpaired) electrons. The van der Waals surface area contributed by atoms with Crippen LogP contribution in [-0.4, -0.2) is 12.1 Å². The monoisotopic (exact) mass is 499 g/mol. The summed E-state index contributed by atoms with van der Waals surface area (Å²) >= 11 is 0. The lowest BCUT2D eigenvalue weighted by atomic mass is 10.1. The summed E-state index contributed by atoms with van der Waals surface area (Å²) in [5, 5.41) is 9.63. The Morgan fingerprint density at radius 1 is 1.00 bits per heavy atom. The molecule has 3 aromatic carbocycles. The number of rotatable bonds is 7. The Bertz CT molecular complexity index is 1300. The molecule has 186 valence electrons. The Morgan fingerprint density at radius 3 is 2.33 bits per heavy atom. The summed E-state index contributed by atoms with van der Waals surface area (Å²) in [7, 11) is 0. The van der Waals surface area contributed by atoms with E-state index in [1.165, 1.54) is 0 Å². The van der Waals surface area contributed by atoms with Crippen molar-refractivity contribution in [1.82, 2.24) is 0 Å². The number of nitriles is 1. The zero-order valence-corrected chi connectivity index (χ0v) is 19.3. The highest BCUT2D eigenvalue weighted by Crippen LogP contribution is 2.55. The van der Waals surface area contributed by atoms with Crippen molar-refractivity contribution < 1.29 is 36.6 Å². The molecule has 3 atom stereocenters. The third-order valence-electron chi connectivity index (χ3n) is 5.99. The average molecular weight is 499 g/mol. The van der Waals surface area contributed by atoms with Crippen LogP contribution < -0.4 is 9.47 Å². The second kappa shape index (κ2) is 9.53. The van der Waals surface area contributed by atoms with Gasteiger partial charge >= 0.3 is 12.1 Å². The van der Waals surface area contributed by atoms with Crippen LogP contribution in [0.3, 0.4) is 0 Å². The van der Waals surface area contributed by atoms with E-state index in [1.807, 2.05) is 24.3 Å². The number of ether oxygens (including phenoxy) is 3. The molecular formula is C27H21F4NO4. The Morgan fingerprint density at radius 2 is 1.69 bits per heavy atom. The Balaban J connectivity index is 1.44. The largest absolute Gasteiger partial charge is 0.486 e. The molecule has 3 unspecified atom stereocenters. The minimum Gasteiger partial charge on any atom is -0.486 e. The van der Waals surface area contributed by atoms with Gasteiger partial charge in [-0.15, -0.1) is 0 Å². The molecule has 0 amide bonds. The predicted molar refractivity (Wildman–Crippen MR) is 120 cm³/mol. The molecule has 1 fully saturated rings. The SMILES string of the molecule is CC1(C)C(Oc2ccc(C(F)(F)F)cc2F)C1C(=O)OC(C#N)c1cccc(Oc2ccccc2)c1. The zero-order chi connectivity index (χ0) is 26.1. The maximum atomic E-state index is 14.2. The number of halogens is 4. The van der Waals surface area contributed by atoms with Gasteiger partial charge in [0, 0.05) is 11.0 Å². The van der Waals surface area contributed by atoms with Gasteiger partial charge in [-0.2, -0.15) is 18.4 Å². The number of esters is 1. The lowest BCUT2D eigenvalue weighted by Gasteiger charge is -2.13. The van der Waals surface area contributed by atoms with Crippen molar-refractivity contribution in [3.8, 4) is 23.3 Å². The molecule has 1 aliphatic rings. The van der Waals surface area contributed by atoms with Gasteiger partial charge in [0.15, 0.2) is 11.6 Å². The minimum atomic E-state index is -4.69. The van der Waals surface area contributed by atoms with E-state index >= 15 is 0 Å². The molecule has 0 spiro atoms. The van der Waals surface area contributed by atoms with Gasteiger partial charge in [-0.1, -0.05) is 44.2 Å². The molecule has 0 aromatic heterocycles. The number of carbonyl (C=O) groups excluding carboxylic acids is 1. The maximum Gasteiger partial charge on any atom is 0.416 e. The third kappa shape index (κ3) is 5.28. The lowest BCUT2D eigenvalue weighted by molar-refractivity contribution is -0.149. The summed E-state index contributed by atoms with van der Waals surface area (Å²) < 4.78 is 69.3. The first kappa shape index (κ1) is 25.0. The first-order valence-corrected chi connectivity index (χ1v) is 11.0. The van der Waals surface area contributed by atoms with Crippen molar-refractivity contribution in [3.63, 3.8) is 0 Å². The van der Waals surface area contributed by atoms with Crippen molar-refractivity contribution in [2.24, 2.45) is 11.3 Å². The fourth-order valence-corrected chi connectivity index (χ4v) is 3.87. The molecular weight excluding hydrogens is 478 g/mol. The van der Waals surface area contributed by atoms with Crippen molar-refractivity contribution in [1.29, 1.82) is 5.26 Å². The van der Waals surface area contributed by atoms with Crippen molar-refractivity contribution in [2.45, 2.75) is 32.2 Å². The number of carbonyl (C=O) groups is 1. The van der Waals surface area contributed by atoms with Gasteiger partial charge in [0.2, 0.25) is 6.10 Å². The Kier molecular flexibility index (Phi) is 6.63. The van der Waals surface area contributed by atoms with E-state index in [9.17, 15) is 27.6 Å². The van der Waals surface area contributed by atoms with Crippen LogP contribution in [0.25, 0.3) is 0 Å². The highest BCUT2D eigenvalue weighted by atomic mass is 19.4. The van der Waals surface area contributed by atoms with Crippen molar-refractivity contribution in [2.75, 3.05) is 0 Å². The first-order chi connectivity index (χ1) is 17.0. The molecule has 5 nitrogen and oxygen atoms in total. The first-order valence-electron chi connectivity index (χ1n) is 11.0. The van der Waals surface area contributed by atoms with Gasteiger partial charge < -0.3 is 14.2 Å². The fraction of sp³-hybridized carbons (Fsp3) is 0.259. The van der Waals surface area contributed by atoms with Gasteiger partial charge in [0.25, 0.3) is 0 Å². The maximum absolute atomic E-state index is 14.2. The van der Waals surface area contributed by atoms with Crippen LogP contribution in [0, 0.1) is 28.5 Å². The van der Waals surface area contributed by atoms with E-state index < -0.39 is 52.8 Å². The van der Waals surface area contributed by atoms with Crippen LogP contribution >= 0.6 is 0 Å². The fourth-order valence-electron chi connectivity index (χ4n) is 3.87. The standard InChI is InChI=1S/C27H21F4NO4/c1-26(2)23(24(26)35-21-12-11-17(14-20(21)28)27(29,30)31)25(33)36-22(15-32)16-7-6-10-19(13-16)34-18-8-4-3-5-9-18/h3-14,22-24H,1-2H3. The molecule has 0 aliphatic heterocycles. The van der Waals surface area contributed by atoms with Crippen LogP contribution in [-0.2, 0) is 15.7 Å². The smallest absolute Gasteiger partial charge is 0.416 e. The van der Waals surface area contributed by atoms with Crippen LogP contribution in [0.1, 0.15) is 31.1 Å². The van der Waals surface area contributed by atoms with Gasteiger partial charge in [-0.05, 0) is 42.5 Å². The number of hydrogen-bond donors (Lipinski definition) is 0. The van der Waals surface area contributed by atoms with E-state index in [0.29, 0.717) is 29.2 Å². The molecule has 0 bridgehead atoms. The van der Waals surface area contributed by atoms with Gasteiger partial charge in [-0.3, -0.25) is 4.79 Å². The predicted octanol–water partition coefficient (Wildman–Crippen LogP) is 6.85. The summed E-state index contributed by atoms with van der Waals surface area (Å²) in [5.74, 6) is -2.14. The molecule has 0 heterocycles. The van der Waals surface area contributed by atoms with Crippen LogP contribution in [0.2, 0.25) is 0 Å². The minimum absolute atomic E-state index is 0.342. The molecule has 0 saturated heterocycles. The second-order valence-corrected chi connectivity index (χ2v) is 8.91. The quantitative estimate of drug-likeness (QED) is 0.263. The summed E-state index contributed by atoms with van der Waals surface area (Å²) in [5.41, 5.74) is -1.54. The van der Waals surface area contributed by atoms with E-state index in [0.717, 1.165) is 6.07 Å². The molecule has 3 aromatic rings. The number of benzene rings is 3. The summed E-state index contributed by atoms with van der Waals surface area (Å²) in [4.78, 5) is 12.9. The second-order valence-electron chi connectivity index (χ2n) is 8.91.